The van der Waals surface area contributed by atoms with E-state index in [1.54, 1.807) is 6.92 Å². The fourth-order valence-corrected chi connectivity index (χ4v) is 2.07. The molecule has 0 unspecified atom stereocenters. The van der Waals surface area contributed by atoms with Crippen molar-refractivity contribution in [2.45, 2.75) is 32.2 Å². The van der Waals surface area contributed by atoms with Crippen molar-refractivity contribution in [2.75, 3.05) is 0 Å². The summed E-state index contributed by atoms with van der Waals surface area (Å²) in [5.74, 6) is 0. The Balaban J connectivity index is 2.35. The molecule has 0 atom stereocenters. The molecule has 2 aromatic rings. The second-order valence-electron chi connectivity index (χ2n) is 4.73. The van der Waals surface area contributed by atoms with Gasteiger partial charge < -0.3 is 0 Å². The van der Waals surface area contributed by atoms with E-state index in [1.807, 2.05) is 0 Å². The quantitative estimate of drug-likeness (QED) is 0.749. The molecule has 0 amide bonds. The summed E-state index contributed by atoms with van der Waals surface area (Å²) in [4.78, 5) is 0. The SMILES string of the molecule is CCc1nn(CC(F)(F)F)cc1-c1ccc(C(F)(F)F)cc1. The third-order valence-corrected chi connectivity index (χ3v) is 3.04. The molecule has 1 heterocycles. The molecule has 1 aromatic carbocycles. The largest absolute Gasteiger partial charge is 0.416 e. The van der Waals surface area contributed by atoms with Crippen molar-refractivity contribution in [1.82, 2.24) is 9.78 Å². The Morgan fingerprint density at radius 2 is 1.59 bits per heavy atom. The summed E-state index contributed by atoms with van der Waals surface area (Å²) in [6.45, 7) is 0.481. The first-order valence-electron chi connectivity index (χ1n) is 6.41. The Kier molecular flexibility index (Phi) is 4.21. The van der Waals surface area contributed by atoms with Crippen LogP contribution in [0.4, 0.5) is 26.3 Å². The Labute approximate surface area is 122 Å². The molecule has 0 N–H and O–H groups in total. The first-order valence-corrected chi connectivity index (χ1v) is 6.41. The van der Waals surface area contributed by atoms with Gasteiger partial charge in [-0.15, -0.1) is 0 Å². The van der Waals surface area contributed by atoms with Gasteiger partial charge in [-0.05, 0) is 24.1 Å². The normalized spacial score (nSPS) is 12.7. The molecule has 2 rings (SSSR count). The van der Waals surface area contributed by atoms with Crippen LogP contribution in [0.2, 0.25) is 0 Å². The highest BCUT2D eigenvalue weighted by atomic mass is 19.4. The van der Waals surface area contributed by atoms with Crippen LogP contribution in [0.3, 0.4) is 0 Å². The van der Waals surface area contributed by atoms with Gasteiger partial charge >= 0.3 is 12.4 Å². The lowest BCUT2D eigenvalue weighted by molar-refractivity contribution is -0.142. The zero-order valence-corrected chi connectivity index (χ0v) is 11.5. The standard InChI is InChI=1S/C14H12F6N2/c1-2-12-11(7-22(21-12)8-13(15,16)17)9-3-5-10(6-4-9)14(18,19)20/h3-7H,2,8H2,1H3. The number of aryl methyl sites for hydroxylation is 1. The number of nitrogens with zero attached hydrogens (tertiary/aromatic N) is 2. The number of rotatable bonds is 3. The highest BCUT2D eigenvalue weighted by Crippen LogP contribution is 2.32. The summed E-state index contributed by atoms with van der Waals surface area (Å²) < 4.78 is 75.5. The summed E-state index contributed by atoms with van der Waals surface area (Å²) >= 11 is 0. The summed E-state index contributed by atoms with van der Waals surface area (Å²) in [6.07, 6.45) is -7.28. The maximum absolute atomic E-state index is 12.5. The van der Waals surface area contributed by atoms with Crippen LogP contribution < -0.4 is 0 Å². The van der Waals surface area contributed by atoms with Gasteiger partial charge in [-0.2, -0.15) is 31.4 Å². The van der Waals surface area contributed by atoms with Crippen molar-refractivity contribution in [2.24, 2.45) is 0 Å². The van der Waals surface area contributed by atoms with Crippen LogP contribution in [0.15, 0.2) is 30.5 Å². The van der Waals surface area contributed by atoms with Crippen molar-refractivity contribution < 1.29 is 26.3 Å². The average Bonchev–Trinajstić information content (AvgIpc) is 2.78. The van der Waals surface area contributed by atoms with E-state index in [2.05, 4.69) is 5.10 Å². The fourth-order valence-electron chi connectivity index (χ4n) is 2.07. The Bertz CT molecular complexity index is 637. The maximum atomic E-state index is 12.5. The van der Waals surface area contributed by atoms with E-state index in [-0.39, 0.29) is 0 Å². The molecule has 0 aliphatic carbocycles. The van der Waals surface area contributed by atoms with Crippen LogP contribution >= 0.6 is 0 Å². The zero-order chi connectivity index (χ0) is 16.5. The third-order valence-electron chi connectivity index (χ3n) is 3.04. The lowest BCUT2D eigenvalue weighted by atomic mass is 10.0. The minimum atomic E-state index is -4.45. The van der Waals surface area contributed by atoms with E-state index in [1.165, 1.54) is 18.3 Å². The molecule has 0 spiro atoms. The van der Waals surface area contributed by atoms with Gasteiger partial charge in [-0.1, -0.05) is 19.1 Å². The summed E-state index contributed by atoms with van der Waals surface area (Å²) in [6, 6.07) is 4.26. The van der Waals surface area contributed by atoms with E-state index >= 15 is 0 Å². The molecular formula is C14H12F6N2. The molecule has 8 heteroatoms. The summed E-state index contributed by atoms with van der Waals surface area (Å²) in [5.41, 5.74) is 0.403. The van der Waals surface area contributed by atoms with Crippen molar-refractivity contribution in [1.29, 1.82) is 0 Å². The Morgan fingerprint density at radius 3 is 2.05 bits per heavy atom. The van der Waals surface area contributed by atoms with Crippen LogP contribution in [-0.2, 0) is 19.1 Å². The zero-order valence-electron chi connectivity index (χ0n) is 11.5. The molecule has 2 nitrogen and oxygen atoms in total. The maximum Gasteiger partial charge on any atom is 0.416 e. The molecule has 1 aromatic heterocycles. The smallest absolute Gasteiger partial charge is 0.263 e. The molecule has 0 aliphatic rings. The molecule has 0 aliphatic heterocycles. The van der Waals surface area contributed by atoms with Crippen LogP contribution in [-0.4, -0.2) is 16.0 Å². The lowest BCUT2D eigenvalue weighted by Gasteiger charge is -2.07. The van der Waals surface area contributed by atoms with E-state index in [0.29, 0.717) is 23.2 Å². The first-order chi connectivity index (χ1) is 10.1. The minimum Gasteiger partial charge on any atom is -0.263 e. The molecule has 0 radical (unpaired) electrons. The van der Waals surface area contributed by atoms with Gasteiger partial charge in [0, 0.05) is 11.8 Å². The second-order valence-corrected chi connectivity index (χ2v) is 4.73. The van der Waals surface area contributed by atoms with Crippen LogP contribution in [0.25, 0.3) is 11.1 Å². The molecule has 0 saturated heterocycles. The number of hydrogen-bond donors (Lipinski definition) is 0. The predicted octanol–water partition coefficient (Wildman–Crippen LogP) is 4.69. The number of hydrogen-bond acceptors (Lipinski definition) is 1. The average molecular weight is 322 g/mol. The molecule has 0 fully saturated rings. The van der Waals surface area contributed by atoms with Crippen molar-refractivity contribution in [3.8, 4) is 11.1 Å². The number of benzene rings is 1. The third kappa shape index (κ3) is 3.80. The molecule has 120 valence electrons. The van der Waals surface area contributed by atoms with Gasteiger partial charge in [-0.25, -0.2) is 0 Å². The summed E-state index contributed by atoms with van der Waals surface area (Å²) in [5, 5.41) is 3.84. The lowest BCUT2D eigenvalue weighted by Crippen LogP contribution is -2.18. The van der Waals surface area contributed by atoms with Crippen molar-refractivity contribution in [3.63, 3.8) is 0 Å². The van der Waals surface area contributed by atoms with E-state index < -0.39 is 24.5 Å². The first kappa shape index (κ1) is 16.4. The van der Waals surface area contributed by atoms with Crippen LogP contribution in [0, 0.1) is 0 Å². The Morgan fingerprint density at radius 1 is 1.00 bits per heavy atom. The topological polar surface area (TPSA) is 17.8 Å². The highest BCUT2D eigenvalue weighted by Gasteiger charge is 2.31. The van der Waals surface area contributed by atoms with Crippen LogP contribution in [0.1, 0.15) is 18.2 Å². The van der Waals surface area contributed by atoms with Gasteiger partial charge in [0.1, 0.15) is 6.54 Å². The van der Waals surface area contributed by atoms with E-state index in [0.717, 1.165) is 16.8 Å². The van der Waals surface area contributed by atoms with E-state index in [4.69, 9.17) is 0 Å². The van der Waals surface area contributed by atoms with Gasteiger partial charge in [0.25, 0.3) is 0 Å². The van der Waals surface area contributed by atoms with Crippen molar-refractivity contribution >= 4 is 0 Å². The molecule has 0 bridgehead atoms. The van der Waals surface area contributed by atoms with Gasteiger partial charge in [0.15, 0.2) is 0 Å². The van der Waals surface area contributed by atoms with Gasteiger partial charge in [0.2, 0.25) is 0 Å². The number of alkyl halides is 6. The molecular weight excluding hydrogens is 310 g/mol. The molecule has 22 heavy (non-hydrogen) atoms. The van der Waals surface area contributed by atoms with Gasteiger partial charge in [-0.3, -0.25) is 4.68 Å². The predicted molar refractivity (Wildman–Crippen MR) is 68.1 cm³/mol. The second kappa shape index (κ2) is 5.66. The number of halogens is 6. The van der Waals surface area contributed by atoms with Crippen molar-refractivity contribution in [3.05, 3.63) is 41.7 Å². The Hall–Kier alpha value is -1.99. The fraction of sp³-hybridized carbons (Fsp3) is 0.357. The van der Waals surface area contributed by atoms with Crippen LogP contribution in [0.5, 0.6) is 0 Å². The minimum absolute atomic E-state index is 0.376. The van der Waals surface area contributed by atoms with E-state index in [9.17, 15) is 26.3 Å². The highest BCUT2D eigenvalue weighted by molar-refractivity contribution is 5.65. The number of aromatic nitrogens is 2. The van der Waals surface area contributed by atoms with Gasteiger partial charge in [0.05, 0.1) is 11.3 Å². The summed E-state index contributed by atoms with van der Waals surface area (Å²) in [7, 11) is 0. The monoisotopic (exact) mass is 322 g/mol. The molecule has 0 saturated carbocycles.